The number of nitrogens with one attached hydrogen (secondary N) is 1. The van der Waals surface area contributed by atoms with Crippen LogP contribution in [-0.4, -0.2) is 22.7 Å². The van der Waals surface area contributed by atoms with Gasteiger partial charge in [0.25, 0.3) is 0 Å². The van der Waals surface area contributed by atoms with Gasteiger partial charge in [0, 0.05) is 11.8 Å². The van der Waals surface area contributed by atoms with Gasteiger partial charge >= 0.3 is 5.97 Å². The van der Waals surface area contributed by atoms with Crippen LogP contribution in [0, 0.1) is 0 Å². The summed E-state index contributed by atoms with van der Waals surface area (Å²) in [6.07, 6.45) is 4.96. The predicted octanol–water partition coefficient (Wildman–Crippen LogP) is 3.12. The number of carboxylic acids is 1. The highest BCUT2D eigenvalue weighted by molar-refractivity contribution is 6.18. The van der Waals surface area contributed by atoms with Crippen molar-refractivity contribution in [3.05, 3.63) is 59.9 Å². The monoisotopic (exact) mass is 296 g/mol. The van der Waals surface area contributed by atoms with E-state index in [2.05, 4.69) is 10.3 Å². The van der Waals surface area contributed by atoms with Crippen molar-refractivity contribution in [1.29, 1.82) is 0 Å². The molecular formula is C17H16N2O3. The first kappa shape index (κ1) is 14.1. The molecule has 1 aliphatic rings. The second kappa shape index (κ2) is 5.89. The van der Waals surface area contributed by atoms with Crippen molar-refractivity contribution >= 4 is 17.2 Å². The molecule has 0 saturated carbocycles. The SMILES string of the molecule is CCOc1ccc(C2C=C(C(=O)O)c3ccncc3N2)cc1. The predicted molar refractivity (Wildman–Crippen MR) is 83.8 cm³/mol. The number of hydrogen-bond donors (Lipinski definition) is 2. The van der Waals surface area contributed by atoms with Crippen molar-refractivity contribution in [3.63, 3.8) is 0 Å². The van der Waals surface area contributed by atoms with E-state index in [1.807, 2.05) is 31.2 Å². The average molecular weight is 296 g/mol. The lowest BCUT2D eigenvalue weighted by atomic mass is 9.94. The fourth-order valence-corrected chi connectivity index (χ4v) is 2.51. The number of aromatic nitrogens is 1. The van der Waals surface area contributed by atoms with E-state index in [1.165, 1.54) is 0 Å². The van der Waals surface area contributed by atoms with E-state index in [9.17, 15) is 9.90 Å². The third kappa shape index (κ3) is 2.65. The number of carboxylic acid groups (broad SMARTS) is 1. The third-order valence-corrected chi connectivity index (χ3v) is 3.54. The number of fused-ring (bicyclic) bond motifs is 1. The minimum atomic E-state index is -0.940. The van der Waals surface area contributed by atoms with Crippen LogP contribution >= 0.6 is 0 Å². The van der Waals surface area contributed by atoms with Crippen LogP contribution in [0.1, 0.15) is 24.1 Å². The van der Waals surface area contributed by atoms with E-state index in [1.54, 1.807) is 24.5 Å². The topological polar surface area (TPSA) is 71.5 Å². The maximum atomic E-state index is 11.5. The molecule has 5 heteroatoms. The fourth-order valence-electron chi connectivity index (χ4n) is 2.51. The van der Waals surface area contributed by atoms with Crippen LogP contribution in [0.3, 0.4) is 0 Å². The molecular weight excluding hydrogens is 280 g/mol. The summed E-state index contributed by atoms with van der Waals surface area (Å²) >= 11 is 0. The molecule has 1 unspecified atom stereocenters. The first-order valence-electron chi connectivity index (χ1n) is 7.08. The van der Waals surface area contributed by atoms with E-state index < -0.39 is 5.97 Å². The summed E-state index contributed by atoms with van der Waals surface area (Å²) in [4.78, 5) is 15.6. The van der Waals surface area contributed by atoms with Crippen molar-refractivity contribution in [2.24, 2.45) is 0 Å². The second-order valence-electron chi connectivity index (χ2n) is 4.93. The second-order valence-corrected chi connectivity index (χ2v) is 4.93. The Kier molecular flexibility index (Phi) is 3.78. The van der Waals surface area contributed by atoms with Crippen molar-refractivity contribution in [1.82, 2.24) is 4.98 Å². The van der Waals surface area contributed by atoms with Gasteiger partial charge in [-0.05, 0) is 36.8 Å². The van der Waals surface area contributed by atoms with Gasteiger partial charge in [0.05, 0.1) is 30.1 Å². The van der Waals surface area contributed by atoms with Gasteiger partial charge in [0.1, 0.15) is 5.75 Å². The summed E-state index contributed by atoms with van der Waals surface area (Å²) in [6.45, 7) is 2.55. The lowest BCUT2D eigenvalue weighted by molar-refractivity contribution is -0.130. The maximum absolute atomic E-state index is 11.5. The van der Waals surface area contributed by atoms with Crippen molar-refractivity contribution < 1.29 is 14.6 Å². The van der Waals surface area contributed by atoms with Crippen LogP contribution in [0.2, 0.25) is 0 Å². The summed E-state index contributed by atoms with van der Waals surface area (Å²) in [5, 5.41) is 12.7. The Balaban J connectivity index is 1.95. The van der Waals surface area contributed by atoms with E-state index in [-0.39, 0.29) is 11.6 Å². The number of hydrogen-bond acceptors (Lipinski definition) is 4. The Morgan fingerprint density at radius 2 is 2.09 bits per heavy atom. The van der Waals surface area contributed by atoms with Gasteiger partial charge in [0.15, 0.2) is 0 Å². The summed E-state index contributed by atoms with van der Waals surface area (Å²) in [6, 6.07) is 9.12. The number of ether oxygens (including phenoxy) is 1. The number of pyridine rings is 1. The van der Waals surface area contributed by atoms with Gasteiger partial charge in [-0.2, -0.15) is 0 Å². The number of carbonyl (C=O) groups is 1. The molecule has 0 radical (unpaired) electrons. The molecule has 1 aliphatic heterocycles. The Labute approximate surface area is 128 Å². The van der Waals surface area contributed by atoms with Gasteiger partial charge < -0.3 is 15.2 Å². The van der Waals surface area contributed by atoms with Crippen molar-refractivity contribution in [3.8, 4) is 5.75 Å². The van der Waals surface area contributed by atoms with Crippen molar-refractivity contribution in [2.75, 3.05) is 11.9 Å². The fraction of sp³-hybridized carbons (Fsp3) is 0.176. The molecule has 0 bridgehead atoms. The summed E-state index contributed by atoms with van der Waals surface area (Å²) in [5.41, 5.74) is 2.64. The first-order valence-corrected chi connectivity index (χ1v) is 7.08. The summed E-state index contributed by atoms with van der Waals surface area (Å²) in [5.74, 6) is -0.142. The van der Waals surface area contributed by atoms with Crippen LogP contribution in [0.5, 0.6) is 5.75 Å². The molecule has 2 N–H and O–H groups in total. The largest absolute Gasteiger partial charge is 0.494 e. The van der Waals surface area contributed by atoms with Crippen LogP contribution in [0.4, 0.5) is 5.69 Å². The minimum absolute atomic E-state index is 0.210. The lowest BCUT2D eigenvalue weighted by Crippen LogP contribution is -2.17. The summed E-state index contributed by atoms with van der Waals surface area (Å²) in [7, 11) is 0. The molecule has 1 atom stereocenters. The first-order chi connectivity index (χ1) is 10.7. The standard InChI is InChI=1S/C17H16N2O3/c1-2-22-12-5-3-11(4-6-12)15-9-14(17(20)21)13-7-8-18-10-16(13)19-15/h3-10,15,19H,2H2,1H3,(H,20,21). The zero-order valence-electron chi connectivity index (χ0n) is 12.1. The zero-order chi connectivity index (χ0) is 15.5. The Bertz CT molecular complexity index is 723. The molecule has 112 valence electrons. The highest BCUT2D eigenvalue weighted by atomic mass is 16.5. The molecule has 2 aromatic rings. The van der Waals surface area contributed by atoms with Crippen molar-refractivity contribution in [2.45, 2.75) is 13.0 Å². The molecule has 0 saturated heterocycles. The number of anilines is 1. The molecule has 3 rings (SSSR count). The van der Waals surface area contributed by atoms with E-state index in [0.717, 1.165) is 17.0 Å². The Morgan fingerprint density at radius 1 is 1.32 bits per heavy atom. The molecule has 5 nitrogen and oxygen atoms in total. The molecule has 1 aromatic carbocycles. The molecule has 22 heavy (non-hydrogen) atoms. The van der Waals surface area contributed by atoms with E-state index >= 15 is 0 Å². The average Bonchev–Trinajstić information content (AvgIpc) is 2.54. The quantitative estimate of drug-likeness (QED) is 0.907. The molecule has 0 amide bonds. The molecule has 0 spiro atoms. The summed E-state index contributed by atoms with van der Waals surface area (Å²) < 4.78 is 5.42. The highest BCUT2D eigenvalue weighted by Gasteiger charge is 2.23. The Morgan fingerprint density at radius 3 is 2.77 bits per heavy atom. The van der Waals surface area contributed by atoms with Gasteiger partial charge in [-0.3, -0.25) is 4.98 Å². The number of rotatable bonds is 4. The molecule has 1 aromatic heterocycles. The Hall–Kier alpha value is -2.82. The maximum Gasteiger partial charge on any atom is 0.336 e. The van der Waals surface area contributed by atoms with E-state index in [0.29, 0.717) is 12.2 Å². The minimum Gasteiger partial charge on any atom is -0.494 e. The van der Waals surface area contributed by atoms with Crippen LogP contribution in [0.25, 0.3) is 5.57 Å². The number of aliphatic carboxylic acids is 1. The van der Waals surface area contributed by atoms with Crippen LogP contribution < -0.4 is 10.1 Å². The highest BCUT2D eigenvalue weighted by Crippen LogP contribution is 2.35. The molecule has 0 fully saturated rings. The normalized spacial score (nSPS) is 16.2. The number of benzene rings is 1. The lowest BCUT2D eigenvalue weighted by Gasteiger charge is -2.25. The third-order valence-electron chi connectivity index (χ3n) is 3.54. The van der Waals surface area contributed by atoms with E-state index in [4.69, 9.17) is 4.74 Å². The molecule has 2 heterocycles. The van der Waals surface area contributed by atoms with Crippen LogP contribution in [-0.2, 0) is 4.79 Å². The number of nitrogens with zero attached hydrogens (tertiary/aromatic N) is 1. The zero-order valence-corrected chi connectivity index (χ0v) is 12.1. The van der Waals surface area contributed by atoms with Crippen LogP contribution in [0.15, 0.2) is 48.8 Å². The van der Waals surface area contributed by atoms with Gasteiger partial charge in [-0.1, -0.05) is 12.1 Å². The van der Waals surface area contributed by atoms with Gasteiger partial charge in [0.2, 0.25) is 0 Å². The molecule has 0 aliphatic carbocycles. The van der Waals surface area contributed by atoms with Gasteiger partial charge in [-0.15, -0.1) is 0 Å². The van der Waals surface area contributed by atoms with Gasteiger partial charge in [-0.25, -0.2) is 4.79 Å². The smallest absolute Gasteiger partial charge is 0.336 e.